The number of pyridine rings is 2. The average Bonchev–Trinajstić information content (AvgIpc) is 3.85. The van der Waals surface area contributed by atoms with Crippen molar-refractivity contribution in [2.24, 2.45) is 0 Å². The minimum absolute atomic E-state index is 0. The van der Waals surface area contributed by atoms with Gasteiger partial charge in [-0.15, -0.1) is 11.6 Å². The predicted molar refractivity (Wildman–Crippen MR) is 168 cm³/mol. The Morgan fingerprint density at radius 1 is 0.812 bits per heavy atom. The molecule has 0 saturated heterocycles. The zero-order chi connectivity index (χ0) is 34.6. The molecule has 0 unspecified atom stereocenters. The Labute approximate surface area is 304 Å². The van der Waals surface area contributed by atoms with Crippen LogP contribution in [0.1, 0.15) is 13.9 Å². The number of aromatic nitrogens is 8. The van der Waals surface area contributed by atoms with Crippen LogP contribution in [0.15, 0.2) is 98.1 Å². The standard InChI is InChI=1S/C15H13FN4O2.C13H11ClFNO2.C2H3N3.CH3F.Na.H/c1-21-13-7-11(8-20-10-17-9-18-20)5-6-12(13)22-15-4-2-3-14(16)19-15;1-17-11-7-9(8-14)5-6-10(11)18-13-4-2-3-12(15)16-13;1-3-2-5-4-1;1-2;;/h2-7,9-10H,8H2,1H3;2-7H,8H2,1H3;1-2H,(H,3,4,5);1H3;;/q;;;;+1;-1/i;;;1D;;. The molecular formula is C31H31ClF3N8NaO4. The summed E-state index contributed by atoms with van der Waals surface area (Å²) in [4.78, 5) is 14.7. The van der Waals surface area contributed by atoms with E-state index in [4.69, 9.17) is 31.9 Å². The molecule has 17 heteroatoms. The van der Waals surface area contributed by atoms with Gasteiger partial charge in [0.05, 0.1) is 29.3 Å². The molecule has 0 aliphatic heterocycles. The van der Waals surface area contributed by atoms with E-state index in [0.717, 1.165) is 11.1 Å². The number of methoxy groups -OCH3 is 2. The number of alkyl halides is 2. The van der Waals surface area contributed by atoms with Crippen molar-refractivity contribution in [2.45, 2.75) is 12.4 Å². The Bertz CT molecular complexity index is 1770. The summed E-state index contributed by atoms with van der Waals surface area (Å²) in [5, 5.41) is 10.0. The van der Waals surface area contributed by atoms with Gasteiger partial charge < -0.3 is 20.4 Å². The fourth-order valence-corrected chi connectivity index (χ4v) is 3.73. The second-order valence-corrected chi connectivity index (χ2v) is 8.92. The van der Waals surface area contributed by atoms with Gasteiger partial charge in [0, 0.05) is 18.0 Å². The number of H-pyrrole nitrogens is 1. The van der Waals surface area contributed by atoms with Gasteiger partial charge in [0.2, 0.25) is 23.7 Å². The normalized spacial score (nSPS) is 9.83. The zero-order valence-corrected chi connectivity index (χ0v) is 28.9. The van der Waals surface area contributed by atoms with E-state index >= 15 is 0 Å². The van der Waals surface area contributed by atoms with Crippen LogP contribution >= 0.6 is 11.6 Å². The molecule has 12 nitrogen and oxygen atoms in total. The summed E-state index contributed by atoms with van der Waals surface area (Å²) >= 11 is 5.73. The molecule has 4 aromatic heterocycles. The van der Waals surface area contributed by atoms with E-state index in [1.54, 1.807) is 48.5 Å². The quantitative estimate of drug-likeness (QED) is 0.135. The first kappa shape index (κ1) is 37.8. The molecule has 248 valence electrons. The van der Waals surface area contributed by atoms with Crippen LogP contribution in [0.2, 0.25) is 0 Å². The topological polar surface area (TPSA) is 135 Å². The molecule has 0 spiro atoms. The number of halogens is 4. The molecule has 4 heterocycles. The number of hydrogen-bond donors (Lipinski definition) is 1. The zero-order valence-electron chi connectivity index (χ0n) is 28.1. The summed E-state index contributed by atoms with van der Waals surface area (Å²) in [6, 6.07) is 19.4. The molecule has 0 saturated carbocycles. The van der Waals surface area contributed by atoms with E-state index in [-0.39, 0.29) is 42.7 Å². The van der Waals surface area contributed by atoms with Gasteiger partial charge in [-0.3, -0.25) is 9.49 Å². The Balaban J connectivity index is 0.000000401. The Morgan fingerprint density at radius 2 is 1.38 bits per heavy atom. The van der Waals surface area contributed by atoms with Crippen molar-refractivity contribution in [2.75, 3.05) is 21.4 Å². The molecule has 2 aromatic carbocycles. The third-order valence-corrected chi connectivity index (χ3v) is 5.87. The van der Waals surface area contributed by atoms with E-state index in [1.165, 1.54) is 50.4 Å². The molecule has 0 atom stereocenters. The van der Waals surface area contributed by atoms with Gasteiger partial charge >= 0.3 is 29.6 Å². The van der Waals surface area contributed by atoms with Crippen LogP contribution in [0.5, 0.6) is 34.8 Å². The SMILES string of the molecule is COc1cc(CCl)ccc1Oc1cccc(F)n1.COc1cc(Cn2cncn2)ccc1Oc1cccc(F)n1.[2H]CF.[H-].[Na+].c1nc[nH]n1. The summed E-state index contributed by atoms with van der Waals surface area (Å²) in [6.07, 6.45) is 6.07. The average molecular weight is 696 g/mol. The molecule has 0 aliphatic rings. The molecule has 0 aliphatic carbocycles. The van der Waals surface area contributed by atoms with Crippen molar-refractivity contribution in [1.29, 1.82) is 0 Å². The van der Waals surface area contributed by atoms with Crippen molar-refractivity contribution in [3.8, 4) is 34.8 Å². The number of rotatable bonds is 9. The van der Waals surface area contributed by atoms with Crippen molar-refractivity contribution in [3.63, 3.8) is 0 Å². The maximum absolute atomic E-state index is 13.1. The summed E-state index contributed by atoms with van der Waals surface area (Å²) < 4.78 is 64.7. The van der Waals surface area contributed by atoms with E-state index in [0.29, 0.717) is 35.4 Å². The van der Waals surface area contributed by atoms with E-state index in [2.05, 4.69) is 35.2 Å². The minimum Gasteiger partial charge on any atom is -1.00 e. The first-order chi connectivity index (χ1) is 23.4. The number of hydrogen-bond acceptors (Lipinski definition) is 10. The third-order valence-electron chi connectivity index (χ3n) is 5.56. The van der Waals surface area contributed by atoms with Gasteiger partial charge in [0.1, 0.15) is 25.3 Å². The number of ether oxygens (including phenoxy) is 4. The van der Waals surface area contributed by atoms with Crippen LogP contribution in [-0.2, 0) is 12.4 Å². The van der Waals surface area contributed by atoms with Crippen molar-refractivity contribution < 1.29 is 64.5 Å². The second kappa shape index (κ2) is 22.0. The Morgan fingerprint density at radius 3 is 1.79 bits per heavy atom. The summed E-state index contributed by atoms with van der Waals surface area (Å²) in [6.45, 7) is 0.564. The van der Waals surface area contributed by atoms with Gasteiger partial charge in [-0.25, -0.2) is 14.6 Å². The first-order valence-electron chi connectivity index (χ1n) is 14.1. The number of nitrogens with zero attached hydrogens (tertiary/aromatic N) is 7. The molecule has 6 rings (SSSR count). The van der Waals surface area contributed by atoms with Crippen LogP contribution in [0, 0.1) is 11.9 Å². The van der Waals surface area contributed by atoms with Crippen molar-refractivity contribution in [1.82, 2.24) is 39.9 Å². The van der Waals surface area contributed by atoms with E-state index < -0.39 is 19.0 Å². The fourth-order valence-electron chi connectivity index (χ4n) is 3.56. The van der Waals surface area contributed by atoms with Crippen LogP contribution in [0.25, 0.3) is 0 Å². The maximum Gasteiger partial charge on any atom is 1.00 e. The van der Waals surface area contributed by atoms with Crippen LogP contribution in [-0.4, -0.2) is 61.3 Å². The summed E-state index contributed by atoms with van der Waals surface area (Å²) in [5.74, 6) is 1.52. The van der Waals surface area contributed by atoms with Crippen molar-refractivity contribution >= 4 is 11.6 Å². The maximum atomic E-state index is 13.1. The molecule has 0 bridgehead atoms. The molecule has 0 amide bonds. The largest absolute Gasteiger partial charge is 1.00 e. The van der Waals surface area contributed by atoms with Crippen LogP contribution in [0.4, 0.5) is 13.2 Å². The molecule has 48 heavy (non-hydrogen) atoms. The van der Waals surface area contributed by atoms with Gasteiger partial charge in [-0.05, 0) is 47.5 Å². The van der Waals surface area contributed by atoms with Gasteiger partial charge in [0.15, 0.2) is 23.0 Å². The monoisotopic (exact) mass is 695 g/mol. The van der Waals surface area contributed by atoms with Gasteiger partial charge in [0.25, 0.3) is 0 Å². The summed E-state index contributed by atoms with van der Waals surface area (Å²) in [7, 11) is 2.07. The molecule has 0 fully saturated rings. The molecular weight excluding hydrogens is 664 g/mol. The molecule has 0 radical (unpaired) electrons. The smallest absolute Gasteiger partial charge is 1.00 e. The van der Waals surface area contributed by atoms with Crippen molar-refractivity contribution in [3.05, 3.63) is 121 Å². The van der Waals surface area contributed by atoms with E-state index in [9.17, 15) is 13.2 Å². The third kappa shape index (κ3) is 13.2. The van der Waals surface area contributed by atoms with E-state index in [1.807, 2.05) is 18.2 Å². The predicted octanol–water partition coefficient (Wildman–Crippen LogP) is 3.93. The summed E-state index contributed by atoms with van der Waals surface area (Å²) in [5.41, 5.74) is 1.88. The second-order valence-electron chi connectivity index (χ2n) is 8.65. The van der Waals surface area contributed by atoms with Gasteiger partial charge in [-0.1, -0.05) is 24.3 Å². The number of aromatic amines is 1. The first-order valence-corrected chi connectivity index (χ1v) is 13.9. The number of benzene rings is 2. The number of nitrogens with one attached hydrogen (secondary N) is 1. The van der Waals surface area contributed by atoms with Crippen LogP contribution in [0.3, 0.4) is 0 Å². The minimum atomic E-state index is -1.00. The molecule has 6 aromatic rings. The Kier molecular flexibility index (Phi) is 17.3. The Hall–Kier alpha value is -4.70. The van der Waals surface area contributed by atoms with Crippen LogP contribution < -0.4 is 48.5 Å². The fraction of sp³-hybridized carbons (Fsp3) is 0.161. The van der Waals surface area contributed by atoms with Gasteiger partial charge in [-0.2, -0.15) is 28.9 Å². The molecule has 1 N–H and O–H groups in total.